The first-order valence-corrected chi connectivity index (χ1v) is 5.93. The molecule has 0 unspecified atom stereocenters. The summed E-state index contributed by atoms with van der Waals surface area (Å²) in [5.74, 6) is 0.139. The van der Waals surface area contributed by atoms with Crippen LogP contribution in [0.15, 0.2) is 36.4 Å². The third kappa shape index (κ3) is 1.64. The second-order valence-corrected chi connectivity index (χ2v) is 4.65. The van der Waals surface area contributed by atoms with Gasteiger partial charge in [-0.15, -0.1) is 0 Å². The number of aromatic nitrogens is 1. The maximum atomic E-state index is 11.3. The van der Waals surface area contributed by atoms with Crippen LogP contribution in [-0.4, -0.2) is 10.8 Å². The number of benzene rings is 2. The number of carbonyl (C=O) groups is 1. The lowest BCUT2D eigenvalue weighted by Crippen LogP contribution is -1.98. The Kier molecular flexibility index (Phi) is 2.33. The summed E-state index contributed by atoms with van der Waals surface area (Å²) in [6, 6.07) is 11.9. The van der Waals surface area contributed by atoms with Gasteiger partial charge in [0.2, 0.25) is 0 Å². The molecule has 3 heteroatoms. The smallest absolute Gasteiger partial charge is 0.134 e. The molecule has 1 heterocycles. The number of nitrogens with one attached hydrogen (secondary N) is 1. The molecule has 3 aromatic rings. The fourth-order valence-electron chi connectivity index (χ4n) is 2.46. The van der Waals surface area contributed by atoms with Crippen LogP contribution in [0.2, 0.25) is 0 Å². The summed E-state index contributed by atoms with van der Waals surface area (Å²) in [6.07, 6.45) is 0.411. The molecule has 0 spiro atoms. The van der Waals surface area contributed by atoms with Gasteiger partial charge in [0.1, 0.15) is 5.78 Å². The first kappa shape index (κ1) is 10.8. The minimum absolute atomic E-state index is 0.139. The standard InChI is InChI=1S/C15H14N2O/c1-9(18)6-10-7-11(16)8-13-12-4-2-3-5-14(12)17-15(10)13/h2-5,7-8,17H,6,16H2,1H3. The van der Waals surface area contributed by atoms with E-state index in [0.29, 0.717) is 12.1 Å². The number of Topliss-reactive ketones (excluding diaryl/α,β-unsaturated/α-hetero) is 1. The summed E-state index contributed by atoms with van der Waals surface area (Å²) in [5.41, 5.74) is 9.68. The van der Waals surface area contributed by atoms with E-state index in [2.05, 4.69) is 11.1 Å². The van der Waals surface area contributed by atoms with Crippen LogP contribution in [0.5, 0.6) is 0 Å². The predicted octanol–water partition coefficient (Wildman–Crippen LogP) is 3.03. The number of hydrogen-bond donors (Lipinski definition) is 2. The van der Waals surface area contributed by atoms with E-state index in [0.717, 1.165) is 27.4 Å². The molecule has 0 fully saturated rings. The average Bonchev–Trinajstić information content (AvgIpc) is 2.67. The fraction of sp³-hybridized carbons (Fsp3) is 0.133. The van der Waals surface area contributed by atoms with Crippen LogP contribution < -0.4 is 5.73 Å². The van der Waals surface area contributed by atoms with Crippen LogP contribution in [0.3, 0.4) is 0 Å². The van der Waals surface area contributed by atoms with Gasteiger partial charge in [0, 0.05) is 28.4 Å². The molecular formula is C15H14N2O. The Morgan fingerprint density at radius 1 is 1.22 bits per heavy atom. The molecule has 3 nitrogen and oxygen atoms in total. The van der Waals surface area contributed by atoms with Crippen molar-refractivity contribution in [2.45, 2.75) is 13.3 Å². The quantitative estimate of drug-likeness (QED) is 0.674. The highest BCUT2D eigenvalue weighted by Crippen LogP contribution is 2.30. The van der Waals surface area contributed by atoms with Crippen molar-refractivity contribution in [1.29, 1.82) is 0 Å². The van der Waals surface area contributed by atoms with Crippen molar-refractivity contribution < 1.29 is 4.79 Å². The minimum atomic E-state index is 0.139. The van der Waals surface area contributed by atoms with Gasteiger partial charge in [0.15, 0.2) is 0 Å². The van der Waals surface area contributed by atoms with Gasteiger partial charge in [0.05, 0.1) is 5.52 Å². The van der Waals surface area contributed by atoms with Crippen molar-refractivity contribution in [2.75, 3.05) is 5.73 Å². The molecule has 0 aliphatic heterocycles. The Bertz CT molecular complexity index is 756. The molecule has 0 bridgehead atoms. The van der Waals surface area contributed by atoms with Crippen molar-refractivity contribution >= 4 is 33.3 Å². The number of carbonyl (C=O) groups excluding carboxylic acids is 1. The highest BCUT2D eigenvalue weighted by atomic mass is 16.1. The maximum Gasteiger partial charge on any atom is 0.134 e. The number of aromatic amines is 1. The second kappa shape index (κ2) is 3.88. The Morgan fingerprint density at radius 2 is 2.00 bits per heavy atom. The molecule has 0 amide bonds. The molecule has 3 N–H and O–H groups in total. The molecule has 18 heavy (non-hydrogen) atoms. The molecular weight excluding hydrogens is 224 g/mol. The van der Waals surface area contributed by atoms with Gasteiger partial charge in [0.25, 0.3) is 0 Å². The van der Waals surface area contributed by atoms with Crippen molar-refractivity contribution in [3.63, 3.8) is 0 Å². The van der Waals surface area contributed by atoms with Crippen molar-refractivity contribution in [2.24, 2.45) is 0 Å². The molecule has 1 aromatic heterocycles. The lowest BCUT2D eigenvalue weighted by Gasteiger charge is -2.03. The van der Waals surface area contributed by atoms with Crippen LogP contribution >= 0.6 is 0 Å². The van der Waals surface area contributed by atoms with Gasteiger partial charge in [-0.3, -0.25) is 4.79 Å². The summed E-state index contributed by atoms with van der Waals surface area (Å²) >= 11 is 0. The van der Waals surface area contributed by atoms with E-state index in [9.17, 15) is 4.79 Å². The topological polar surface area (TPSA) is 58.9 Å². The Hall–Kier alpha value is -2.29. The number of rotatable bonds is 2. The zero-order valence-electron chi connectivity index (χ0n) is 10.2. The summed E-state index contributed by atoms with van der Waals surface area (Å²) in [6.45, 7) is 1.59. The maximum absolute atomic E-state index is 11.3. The zero-order valence-corrected chi connectivity index (χ0v) is 10.2. The van der Waals surface area contributed by atoms with E-state index in [4.69, 9.17) is 5.73 Å². The van der Waals surface area contributed by atoms with Crippen molar-refractivity contribution in [1.82, 2.24) is 4.98 Å². The number of nitrogens with two attached hydrogens (primary N) is 1. The first-order valence-electron chi connectivity index (χ1n) is 5.93. The van der Waals surface area contributed by atoms with E-state index in [1.807, 2.05) is 30.3 Å². The second-order valence-electron chi connectivity index (χ2n) is 4.65. The van der Waals surface area contributed by atoms with Crippen LogP contribution in [0.25, 0.3) is 21.8 Å². The third-order valence-electron chi connectivity index (χ3n) is 3.16. The summed E-state index contributed by atoms with van der Waals surface area (Å²) in [7, 11) is 0. The molecule has 0 atom stereocenters. The number of anilines is 1. The molecule has 0 aliphatic rings. The normalized spacial score (nSPS) is 11.2. The highest BCUT2D eigenvalue weighted by molar-refractivity contribution is 6.09. The SMILES string of the molecule is CC(=O)Cc1cc(N)cc2c1[nH]c1ccccc12. The molecule has 90 valence electrons. The third-order valence-corrected chi connectivity index (χ3v) is 3.16. The number of para-hydroxylation sites is 1. The highest BCUT2D eigenvalue weighted by Gasteiger charge is 2.10. The molecule has 3 rings (SSSR count). The molecule has 0 radical (unpaired) electrons. The van der Waals surface area contributed by atoms with Crippen LogP contribution in [-0.2, 0) is 11.2 Å². The van der Waals surface area contributed by atoms with E-state index in [1.54, 1.807) is 6.92 Å². The van der Waals surface area contributed by atoms with E-state index >= 15 is 0 Å². The number of nitrogen functional groups attached to an aromatic ring is 1. The van der Waals surface area contributed by atoms with Gasteiger partial charge in [-0.05, 0) is 30.7 Å². The minimum Gasteiger partial charge on any atom is -0.399 e. The number of hydrogen-bond acceptors (Lipinski definition) is 2. The van der Waals surface area contributed by atoms with Gasteiger partial charge in [-0.25, -0.2) is 0 Å². The van der Waals surface area contributed by atoms with Crippen LogP contribution in [0.1, 0.15) is 12.5 Å². The number of fused-ring (bicyclic) bond motifs is 3. The van der Waals surface area contributed by atoms with Crippen molar-refractivity contribution in [3.8, 4) is 0 Å². The van der Waals surface area contributed by atoms with E-state index < -0.39 is 0 Å². The summed E-state index contributed by atoms with van der Waals surface area (Å²) in [5, 5.41) is 2.23. The summed E-state index contributed by atoms with van der Waals surface area (Å²) in [4.78, 5) is 14.7. The largest absolute Gasteiger partial charge is 0.399 e. The lowest BCUT2D eigenvalue weighted by molar-refractivity contribution is -0.116. The number of H-pyrrole nitrogens is 1. The Balaban J connectivity index is 2.39. The van der Waals surface area contributed by atoms with E-state index in [1.165, 1.54) is 0 Å². The molecule has 0 saturated carbocycles. The molecule has 0 aliphatic carbocycles. The zero-order chi connectivity index (χ0) is 12.7. The molecule has 2 aromatic carbocycles. The van der Waals surface area contributed by atoms with Gasteiger partial charge >= 0.3 is 0 Å². The van der Waals surface area contributed by atoms with Crippen LogP contribution in [0.4, 0.5) is 5.69 Å². The fourth-order valence-corrected chi connectivity index (χ4v) is 2.46. The lowest BCUT2D eigenvalue weighted by atomic mass is 10.0. The molecule has 0 saturated heterocycles. The first-order chi connectivity index (χ1) is 8.65. The number of ketones is 1. The van der Waals surface area contributed by atoms with Gasteiger partial charge < -0.3 is 10.7 Å². The Morgan fingerprint density at radius 3 is 2.78 bits per heavy atom. The van der Waals surface area contributed by atoms with Gasteiger partial charge in [-0.1, -0.05) is 18.2 Å². The predicted molar refractivity (Wildman–Crippen MR) is 74.6 cm³/mol. The van der Waals surface area contributed by atoms with Crippen molar-refractivity contribution in [3.05, 3.63) is 42.0 Å². The van der Waals surface area contributed by atoms with E-state index in [-0.39, 0.29) is 5.78 Å². The monoisotopic (exact) mass is 238 g/mol. The Labute approximate surface area is 105 Å². The average molecular weight is 238 g/mol. The van der Waals surface area contributed by atoms with Crippen LogP contribution in [0, 0.1) is 0 Å². The van der Waals surface area contributed by atoms with Gasteiger partial charge in [-0.2, -0.15) is 0 Å². The summed E-state index contributed by atoms with van der Waals surface area (Å²) < 4.78 is 0.